The molecule has 2 atom stereocenters. The molecule has 0 heterocycles. The number of nitriles is 1. The average Bonchev–Trinajstić information content (AvgIpc) is 2.49. The Bertz CT molecular complexity index is 619. The molecule has 2 aromatic carbocycles. The van der Waals surface area contributed by atoms with Crippen LogP contribution in [0.25, 0.3) is 0 Å². The van der Waals surface area contributed by atoms with Gasteiger partial charge in [-0.1, -0.05) is 30.3 Å². The Morgan fingerprint density at radius 1 is 1.15 bits per heavy atom. The lowest BCUT2D eigenvalue weighted by Gasteiger charge is -2.23. The molecule has 2 unspecified atom stereocenters. The molecule has 0 aromatic heterocycles. The summed E-state index contributed by atoms with van der Waals surface area (Å²) in [5, 5.41) is 19.4. The largest absolute Gasteiger partial charge is 0.391 e. The highest BCUT2D eigenvalue weighted by Gasteiger charge is 2.24. The standard InChI is InChI=1S/C16H15FN2O/c17-13-7-5-11(6-8-13)16(15(20)10-19)14-4-2-1-3-12(14)9-18/h1-8,15-16,20H,10,19H2. The Hall–Kier alpha value is -2.22. The van der Waals surface area contributed by atoms with Crippen molar-refractivity contribution in [3.63, 3.8) is 0 Å². The van der Waals surface area contributed by atoms with E-state index in [1.165, 1.54) is 12.1 Å². The summed E-state index contributed by atoms with van der Waals surface area (Å²) >= 11 is 0. The van der Waals surface area contributed by atoms with E-state index in [0.717, 1.165) is 5.56 Å². The number of nitrogens with two attached hydrogens (primary N) is 1. The predicted octanol–water partition coefficient (Wildman–Crippen LogP) is 2.15. The zero-order valence-corrected chi connectivity index (χ0v) is 10.8. The third-order valence-electron chi connectivity index (χ3n) is 3.27. The SMILES string of the molecule is N#Cc1ccccc1C(c1ccc(F)cc1)C(O)CN. The number of rotatable bonds is 4. The molecular weight excluding hydrogens is 255 g/mol. The van der Waals surface area contributed by atoms with E-state index in [4.69, 9.17) is 5.73 Å². The maximum Gasteiger partial charge on any atom is 0.123 e. The summed E-state index contributed by atoms with van der Waals surface area (Å²) in [6.07, 6.45) is -0.838. The monoisotopic (exact) mass is 270 g/mol. The minimum absolute atomic E-state index is 0.0573. The highest BCUT2D eigenvalue weighted by molar-refractivity contribution is 5.45. The van der Waals surface area contributed by atoms with E-state index in [1.54, 1.807) is 36.4 Å². The molecule has 0 spiro atoms. The Labute approximate surface area is 117 Å². The van der Waals surface area contributed by atoms with Crippen LogP contribution in [-0.4, -0.2) is 17.8 Å². The van der Waals surface area contributed by atoms with Crippen LogP contribution in [0.2, 0.25) is 0 Å². The quantitative estimate of drug-likeness (QED) is 0.894. The average molecular weight is 270 g/mol. The van der Waals surface area contributed by atoms with Gasteiger partial charge in [0, 0.05) is 12.5 Å². The van der Waals surface area contributed by atoms with Crippen LogP contribution in [0.3, 0.4) is 0 Å². The zero-order chi connectivity index (χ0) is 14.5. The fourth-order valence-corrected chi connectivity index (χ4v) is 2.29. The molecule has 0 amide bonds. The van der Waals surface area contributed by atoms with Crippen LogP contribution in [0.1, 0.15) is 22.6 Å². The minimum atomic E-state index is -0.838. The molecule has 0 aliphatic rings. The van der Waals surface area contributed by atoms with Crippen molar-refractivity contribution in [2.75, 3.05) is 6.54 Å². The molecule has 0 saturated heterocycles. The highest BCUT2D eigenvalue weighted by atomic mass is 19.1. The molecule has 2 rings (SSSR count). The zero-order valence-electron chi connectivity index (χ0n) is 10.8. The molecular formula is C16H15FN2O. The molecule has 0 fully saturated rings. The molecule has 3 nitrogen and oxygen atoms in total. The first kappa shape index (κ1) is 14.2. The van der Waals surface area contributed by atoms with Gasteiger partial charge < -0.3 is 10.8 Å². The molecule has 2 aromatic rings. The van der Waals surface area contributed by atoms with Crippen LogP contribution in [-0.2, 0) is 0 Å². The van der Waals surface area contributed by atoms with Crippen molar-refractivity contribution >= 4 is 0 Å². The topological polar surface area (TPSA) is 70.0 Å². The van der Waals surface area contributed by atoms with Crippen molar-refractivity contribution < 1.29 is 9.50 Å². The summed E-state index contributed by atoms with van der Waals surface area (Å²) in [6.45, 7) is 0.0573. The number of benzene rings is 2. The van der Waals surface area contributed by atoms with Crippen LogP contribution in [0, 0.1) is 17.1 Å². The van der Waals surface area contributed by atoms with Gasteiger partial charge in [0.25, 0.3) is 0 Å². The Balaban J connectivity index is 2.53. The minimum Gasteiger partial charge on any atom is -0.391 e. The van der Waals surface area contributed by atoms with Gasteiger partial charge in [0.1, 0.15) is 5.82 Å². The number of hydrogen-bond donors (Lipinski definition) is 2. The van der Waals surface area contributed by atoms with Gasteiger partial charge in [-0.15, -0.1) is 0 Å². The molecule has 20 heavy (non-hydrogen) atoms. The fourth-order valence-electron chi connectivity index (χ4n) is 2.29. The van der Waals surface area contributed by atoms with Gasteiger partial charge in [0.15, 0.2) is 0 Å². The molecule has 102 valence electrons. The fraction of sp³-hybridized carbons (Fsp3) is 0.188. The van der Waals surface area contributed by atoms with Crippen molar-refractivity contribution in [3.8, 4) is 6.07 Å². The third kappa shape index (κ3) is 2.85. The van der Waals surface area contributed by atoms with E-state index >= 15 is 0 Å². The third-order valence-corrected chi connectivity index (χ3v) is 3.27. The van der Waals surface area contributed by atoms with Crippen LogP contribution in [0.5, 0.6) is 0 Å². The van der Waals surface area contributed by atoms with E-state index in [0.29, 0.717) is 11.1 Å². The molecule has 0 saturated carbocycles. The lowest BCUT2D eigenvalue weighted by Crippen LogP contribution is -2.28. The van der Waals surface area contributed by atoms with Crippen LogP contribution in [0.15, 0.2) is 48.5 Å². The number of aliphatic hydroxyl groups excluding tert-OH is 1. The van der Waals surface area contributed by atoms with Gasteiger partial charge >= 0.3 is 0 Å². The first-order valence-electron chi connectivity index (χ1n) is 6.30. The summed E-state index contributed by atoms with van der Waals surface area (Å²) in [7, 11) is 0. The normalized spacial score (nSPS) is 13.5. The second-order valence-corrected chi connectivity index (χ2v) is 4.53. The smallest absolute Gasteiger partial charge is 0.123 e. The van der Waals surface area contributed by atoms with Crippen molar-refractivity contribution in [2.45, 2.75) is 12.0 Å². The summed E-state index contributed by atoms with van der Waals surface area (Å²) in [6, 6.07) is 15.0. The van der Waals surface area contributed by atoms with Gasteiger partial charge in [-0.2, -0.15) is 5.26 Å². The number of halogens is 1. The van der Waals surface area contributed by atoms with Crippen molar-refractivity contribution in [1.29, 1.82) is 5.26 Å². The van der Waals surface area contributed by atoms with E-state index in [-0.39, 0.29) is 12.4 Å². The summed E-state index contributed by atoms with van der Waals surface area (Å²) < 4.78 is 13.0. The molecule has 0 bridgehead atoms. The first-order valence-corrected chi connectivity index (χ1v) is 6.30. The lowest BCUT2D eigenvalue weighted by molar-refractivity contribution is 0.164. The Kier molecular flexibility index (Phi) is 4.46. The van der Waals surface area contributed by atoms with Crippen molar-refractivity contribution in [2.24, 2.45) is 5.73 Å². The van der Waals surface area contributed by atoms with E-state index in [2.05, 4.69) is 6.07 Å². The predicted molar refractivity (Wildman–Crippen MR) is 74.5 cm³/mol. The van der Waals surface area contributed by atoms with Gasteiger partial charge in [-0.3, -0.25) is 0 Å². The van der Waals surface area contributed by atoms with Gasteiger partial charge in [-0.05, 0) is 29.3 Å². The van der Waals surface area contributed by atoms with Crippen LogP contribution < -0.4 is 5.73 Å². The second kappa shape index (κ2) is 6.29. The molecule has 3 N–H and O–H groups in total. The Morgan fingerprint density at radius 3 is 2.40 bits per heavy atom. The summed E-state index contributed by atoms with van der Waals surface area (Å²) in [5.41, 5.74) is 7.47. The Morgan fingerprint density at radius 2 is 1.80 bits per heavy atom. The first-order chi connectivity index (χ1) is 9.67. The van der Waals surface area contributed by atoms with Crippen molar-refractivity contribution in [1.82, 2.24) is 0 Å². The summed E-state index contributed by atoms with van der Waals surface area (Å²) in [4.78, 5) is 0. The molecule has 0 radical (unpaired) electrons. The second-order valence-electron chi connectivity index (χ2n) is 4.53. The van der Waals surface area contributed by atoms with Crippen LogP contribution >= 0.6 is 0 Å². The van der Waals surface area contributed by atoms with Gasteiger partial charge in [-0.25, -0.2) is 4.39 Å². The highest BCUT2D eigenvalue weighted by Crippen LogP contribution is 2.30. The summed E-state index contributed by atoms with van der Waals surface area (Å²) in [5.74, 6) is -0.792. The van der Waals surface area contributed by atoms with Crippen LogP contribution in [0.4, 0.5) is 4.39 Å². The molecule has 4 heteroatoms. The van der Waals surface area contributed by atoms with Gasteiger partial charge in [0.2, 0.25) is 0 Å². The molecule has 0 aliphatic carbocycles. The van der Waals surface area contributed by atoms with Gasteiger partial charge in [0.05, 0.1) is 17.7 Å². The lowest BCUT2D eigenvalue weighted by atomic mass is 9.84. The molecule has 0 aliphatic heterocycles. The maximum atomic E-state index is 13.0. The van der Waals surface area contributed by atoms with E-state index < -0.39 is 12.0 Å². The number of hydrogen-bond acceptors (Lipinski definition) is 3. The van der Waals surface area contributed by atoms with Crippen molar-refractivity contribution in [3.05, 3.63) is 71.0 Å². The van der Waals surface area contributed by atoms with E-state index in [1.807, 2.05) is 0 Å². The number of aliphatic hydroxyl groups is 1. The maximum absolute atomic E-state index is 13.0. The van der Waals surface area contributed by atoms with E-state index in [9.17, 15) is 14.8 Å². The number of nitrogens with zero attached hydrogens (tertiary/aromatic N) is 1.